The van der Waals surface area contributed by atoms with E-state index in [2.05, 4.69) is 11.1 Å². The summed E-state index contributed by atoms with van der Waals surface area (Å²) in [6, 6.07) is 17.9. The Balaban J connectivity index is 2.19. The standard InChI is InChI=1S/C20H15Cl2N5O/c21-14-4-5-16(22)15(9-14)18-7-6-17(13-3-1-2-12(8-13)10-23)27(18)11-19(28)26-20(24)25/h1-9H,11H2,(H4,24,25,26,28). The zero-order valence-electron chi connectivity index (χ0n) is 14.6. The fourth-order valence-electron chi connectivity index (χ4n) is 2.88. The summed E-state index contributed by atoms with van der Waals surface area (Å²) >= 11 is 12.5. The SMILES string of the molecule is N#Cc1cccc(-c2ccc(-c3cc(Cl)ccc3Cl)n2CC(=O)N=C(N)N)c1. The average Bonchev–Trinajstić information content (AvgIpc) is 3.06. The van der Waals surface area contributed by atoms with Crippen molar-refractivity contribution in [2.45, 2.75) is 6.54 Å². The lowest BCUT2D eigenvalue weighted by Crippen LogP contribution is -2.25. The molecule has 0 saturated carbocycles. The number of aliphatic imine (C=N–C) groups is 1. The van der Waals surface area contributed by atoms with Crippen LogP contribution in [-0.2, 0) is 11.3 Å². The summed E-state index contributed by atoms with van der Waals surface area (Å²) in [5, 5.41) is 10.2. The van der Waals surface area contributed by atoms with Gasteiger partial charge in [0.1, 0.15) is 6.54 Å². The number of nitrogens with zero attached hydrogens (tertiary/aromatic N) is 3. The van der Waals surface area contributed by atoms with Crippen LogP contribution in [0.1, 0.15) is 5.56 Å². The van der Waals surface area contributed by atoms with Gasteiger partial charge in [-0.15, -0.1) is 0 Å². The second-order valence-electron chi connectivity index (χ2n) is 5.94. The van der Waals surface area contributed by atoms with Gasteiger partial charge in [-0.25, -0.2) is 0 Å². The van der Waals surface area contributed by atoms with Crippen molar-refractivity contribution >= 4 is 35.1 Å². The predicted molar refractivity (Wildman–Crippen MR) is 111 cm³/mol. The topological polar surface area (TPSA) is 110 Å². The van der Waals surface area contributed by atoms with E-state index in [1.54, 1.807) is 41.0 Å². The van der Waals surface area contributed by atoms with E-state index in [-0.39, 0.29) is 12.5 Å². The average molecular weight is 412 g/mol. The third kappa shape index (κ3) is 4.17. The molecule has 0 aliphatic rings. The molecule has 140 valence electrons. The van der Waals surface area contributed by atoms with E-state index in [1.807, 2.05) is 18.2 Å². The van der Waals surface area contributed by atoms with Gasteiger partial charge in [0, 0.05) is 21.3 Å². The molecule has 0 saturated heterocycles. The molecule has 3 rings (SSSR count). The number of benzene rings is 2. The lowest BCUT2D eigenvalue weighted by molar-refractivity contribution is -0.118. The molecule has 2 aromatic carbocycles. The number of amides is 1. The molecule has 8 heteroatoms. The van der Waals surface area contributed by atoms with Crippen LogP contribution in [0, 0.1) is 11.3 Å². The van der Waals surface area contributed by atoms with E-state index in [1.165, 1.54) is 0 Å². The number of carbonyl (C=O) groups is 1. The van der Waals surface area contributed by atoms with Crippen LogP contribution in [0.3, 0.4) is 0 Å². The summed E-state index contributed by atoms with van der Waals surface area (Å²) in [7, 11) is 0. The summed E-state index contributed by atoms with van der Waals surface area (Å²) in [6.45, 7) is -0.116. The summed E-state index contributed by atoms with van der Waals surface area (Å²) < 4.78 is 1.74. The number of hydrogen-bond acceptors (Lipinski definition) is 2. The van der Waals surface area contributed by atoms with Gasteiger partial charge in [-0.1, -0.05) is 35.3 Å². The molecule has 3 aromatic rings. The third-order valence-electron chi connectivity index (χ3n) is 4.02. The molecule has 6 nitrogen and oxygen atoms in total. The first kappa shape index (κ1) is 19.5. The highest BCUT2D eigenvalue weighted by molar-refractivity contribution is 6.35. The van der Waals surface area contributed by atoms with Gasteiger partial charge in [-0.3, -0.25) is 4.79 Å². The number of halogens is 2. The second-order valence-corrected chi connectivity index (χ2v) is 6.78. The quantitative estimate of drug-likeness (QED) is 0.502. The molecule has 28 heavy (non-hydrogen) atoms. The Morgan fingerprint density at radius 1 is 1.07 bits per heavy atom. The van der Waals surface area contributed by atoms with Crippen LogP contribution >= 0.6 is 23.2 Å². The first-order chi connectivity index (χ1) is 13.4. The van der Waals surface area contributed by atoms with Gasteiger partial charge in [0.05, 0.1) is 17.3 Å². The van der Waals surface area contributed by atoms with Crippen molar-refractivity contribution in [3.63, 3.8) is 0 Å². The first-order valence-electron chi connectivity index (χ1n) is 8.17. The maximum atomic E-state index is 12.3. The first-order valence-corrected chi connectivity index (χ1v) is 8.92. The van der Waals surface area contributed by atoms with Gasteiger partial charge in [-0.05, 0) is 48.0 Å². The molecule has 0 bridgehead atoms. The number of aromatic nitrogens is 1. The normalized spacial score (nSPS) is 10.3. The van der Waals surface area contributed by atoms with Crippen molar-refractivity contribution in [2.75, 3.05) is 0 Å². The van der Waals surface area contributed by atoms with E-state index >= 15 is 0 Å². The number of rotatable bonds is 4. The molecule has 1 heterocycles. The summed E-state index contributed by atoms with van der Waals surface area (Å²) in [5.74, 6) is -0.833. The van der Waals surface area contributed by atoms with Gasteiger partial charge in [0.25, 0.3) is 5.91 Å². The van der Waals surface area contributed by atoms with Crippen LogP contribution in [-0.4, -0.2) is 16.4 Å². The molecule has 0 unspecified atom stereocenters. The molecule has 1 amide bonds. The fraction of sp³-hybridized carbons (Fsp3) is 0.0500. The van der Waals surface area contributed by atoms with Crippen LogP contribution < -0.4 is 11.5 Å². The molecule has 0 aliphatic heterocycles. The lowest BCUT2D eigenvalue weighted by atomic mass is 10.1. The van der Waals surface area contributed by atoms with Crippen molar-refractivity contribution in [3.8, 4) is 28.6 Å². The van der Waals surface area contributed by atoms with E-state index in [9.17, 15) is 10.1 Å². The van der Waals surface area contributed by atoms with Crippen molar-refractivity contribution in [2.24, 2.45) is 16.5 Å². The van der Waals surface area contributed by atoms with Gasteiger partial charge >= 0.3 is 0 Å². The number of nitrogens with two attached hydrogens (primary N) is 2. The van der Waals surface area contributed by atoms with Crippen molar-refractivity contribution < 1.29 is 4.79 Å². The van der Waals surface area contributed by atoms with Crippen LogP contribution in [0.15, 0.2) is 59.6 Å². The molecular weight excluding hydrogens is 397 g/mol. The van der Waals surface area contributed by atoms with E-state index in [4.69, 9.17) is 34.7 Å². The molecule has 0 fully saturated rings. The third-order valence-corrected chi connectivity index (χ3v) is 4.58. The molecular formula is C20H15Cl2N5O. The summed E-state index contributed by atoms with van der Waals surface area (Å²) in [5.41, 5.74) is 14.0. The molecule has 0 atom stereocenters. The maximum absolute atomic E-state index is 12.3. The second kappa shape index (κ2) is 8.17. The number of guanidine groups is 1. The Morgan fingerprint density at radius 3 is 2.54 bits per heavy atom. The van der Waals surface area contributed by atoms with Gasteiger partial charge < -0.3 is 16.0 Å². The fourth-order valence-corrected chi connectivity index (χ4v) is 3.27. The number of hydrogen-bond donors (Lipinski definition) is 2. The molecule has 0 aliphatic carbocycles. The van der Waals surface area contributed by atoms with Crippen molar-refractivity contribution in [1.82, 2.24) is 4.57 Å². The molecule has 1 aromatic heterocycles. The largest absolute Gasteiger partial charge is 0.370 e. The molecule has 0 spiro atoms. The minimum Gasteiger partial charge on any atom is -0.370 e. The minimum atomic E-state index is -0.520. The van der Waals surface area contributed by atoms with E-state index in [0.29, 0.717) is 32.6 Å². The highest BCUT2D eigenvalue weighted by atomic mass is 35.5. The highest BCUT2D eigenvalue weighted by Crippen LogP contribution is 2.35. The van der Waals surface area contributed by atoms with Crippen LogP contribution in [0.25, 0.3) is 22.5 Å². The van der Waals surface area contributed by atoms with Gasteiger partial charge in [-0.2, -0.15) is 10.3 Å². The Labute approximate surface area is 171 Å². The predicted octanol–water partition coefficient (Wildman–Crippen LogP) is 3.80. The number of carbonyl (C=O) groups excluding carboxylic acids is 1. The Bertz CT molecular complexity index is 1120. The number of nitriles is 1. The molecule has 0 radical (unpaired) electrons. The lowest BCUT2D eigenvalue weighted by Gasteiger charge is -2.14. The smallest absolute Gasteiger partial charge is 0.268 e. The Hall–Kier alpha value is -3.27. The van der Waals surface area contributed by atoms with E-state index in [0.717, 1.165) is 5.56 Å². The molecule has 4 N–H and O–H groups in total. The zero-order chi connectivity index (χ0) is 20.3. The van der Waals surface area contributed by atoms with Crippen LogP contribution in [0.4, 0.5) is 0 Å². The Kier molecular flexibility index (Phi) is 5.69. The zero-order valence-corrected chi connectivity index (χ0v) is 16.1. The maximum Gasteiger partial charge on any atom is 0.268 e. The van der Waals surface area contributed by atoms with Gasteiger partial charge in [0.15, 0.2) is 5.96 Å². The van der Waals surface area contributed by atoms with Crippen LogP contribution in [0.2, 0.25) is 10.0 Å². The highest BCUT2D eigenvalue weighted by Gasteiger charge is 2.17. The summed E-state index contributed by atoms with van der Waals surface area (Å²) in [4.78, 5) is 15.9. The van der Waals surface area contributed by atoms with E-state index < -0.39 is 5.91 Å². The summed E-state index contributed by atoms with van der Waals surface area (Å²) in [6.07, 6.45) is 0. The van der Waals surface area contributed by atoms with Crippen molar-refractivity contribution in [1.29, 1.82) is 5.26 Å². The van der Waals surface area contributed by atoms with Crippen LogP contribution in [0.5, 0.6) is 0 Å². The van der Waals surface area contributed by atoms with Gasteiger partial charge in [0.2, 0.25) is 0 Å². The Morgan fingerprint density at radius 2 is 1.82 bits per heavy atom. The van der Waals surface area contributed by atoms with Crippen molar-refractivity contribution in [3.05, 3.63) is 70.2 Å². The minimum absolute atomic E-state index is 0.116. The monoisotopic (exact) mass is 411 g/mol.